The standard InChI is InChI=1S/C14H19N3S/c1-4-17(13-8-6-5-7-11(13)2)14-16-10-12(18-14)9-15-3/h5-8,10,15H,4,9H2,1-3H3. The molecule has 18 heavy (non-hydrogen) atoms. The summed E-state index contributed by atoms with van der Waals surface area (Å²) >= 11 is 1.75. The molecule has 0 bridgehead atoms. The van der Waals surface area contributed by atoms with Crippen molar-refractivity contribution in [2.45, 2.75) is 20.4 Å². The summed E-state index contributed by atoms with van der Waals surface area (Å²) in [6.45, 7) is 6.10. The summed E-state index contributed by atoms with van der Waals surface area (Å²) in [5, 5.41) is 4.22. The van der Waals surface area contributed by atoms with Crippen LogP contribution >= 0.6 is 11.3 Å². The predicted molar refractivity (Wildman–Crippen MR) is 78.7 cm³/mol. The largest absolute Gasteiger partial charge is 0.318 e. The predicted octanol–water partition coefficient (Wildman–Crippen LogP) is 3.33. The van der Waals surface area contributed by atoms with Crippen molar-refractivity contribution in [1.82, 2.24) is 10.3 Å². The first-order valence-corrected chi connectivity index (χ1v) is 7.00. The van der Waals surface area contributed by atoms with Gasteiger partial charge in [0, 0.05) is 29.9 Å². The lowest BCUT2D eigenvalue weighted by atomic mass is 10.2. The topological polar surface area (TPSA) is 28.2 Å². The number of anilines is 2. The van der Waals surface area contributed by atoms with Gasteiger partial charge in [-0.05, 0) is 32.5 Å². The van der Waals surface area contributed by atoms with Crippen LogP contribution in [0.15, 0.2) is 30.5 Å². The minimum Gasteiger partial charge on any atom is -0.318 e. The van der Waals surface area contributed by atoms with Gasteiger partial charge >= 0.3 is 0 Å². The van der Waals surface area contributed by atoms with Crippen LogP contribution in [0, 0.1) is 6.92 Å². The van der Waals surface area contributed by atoms with Crippen molar-refractivity contribution in [2.75, 3.05) is 18.5 Å². The van der Waals surface area contributed by atoms with Crippen LogP contribution in [-0.2, 0) is 6.54 Å². The van der Waals surface area contributed by atoms with Gasteiger partial charge in [-0.2, -0.15) is 0 Å². The molecule has 0 saturated carbocycles. The summed E-state index contributed by atoms with van der Waals surface area (Å²) in [4.78, 5) is 8.05. The van der Waals surface area contributed by atoms with Crippen molar-refractivity contribution in [3.05, 3.63) is 40.9 Å². The highest BCUT2D eigenvalue weighted by atomic mass is 32.1. The highest BCUT2D eigenvalue weighted by molar-refractivity contribution is 7.15. The Hall–Kier alpha value is -1.39. The molecule has 1 aromatic carbocycles. The summed E-state index contributed by atoms with van der Waals surface area (Å²) in [5.74, 6) is 0. The lowest BCUT2D eigenvalue weighted by Gasteiger charge is -2.21. The van der Waals surface area contributed by atoms with Gasteiger partial charge in [-0.3, -0.25) is 0 Å². The van der Waals surface area contributed by atoms with Crippen molar-refractivity contribution in [2.24, 2.45) is 0 Å². The summed E-state index contributed by atoms with van der Waals surface area (Å²) in [6, 6.07) is 8.44. The van der Waals surface area contributed by atoms with E-state index in [1.165, 1.54) is 16.1 Å². The fourth-order valence-electron chi connectivity index (χ4n) is 1.95. The summed E-state index contributed by atoms with van der Waals surface area (Å²) < 4.78 is 0. The molecule has 0 saturated heterocycles. The number of nitrogens with zero attached hydrogens (tertiary/aromatic N) is 2. The highest BCUT2D eigenvalue weighted by Gasteiger charge is 2.13. The number of hydrogen-bond acceptors (Lipinski definition) is 4. The second-order valence-corrected chi connectivity index (χ2v) is 5.26. The van der Waals surface area contributed by atoms with E-state index in [-0.39, 0.29) is 0 Å². The maximum Gasteiger partial charge on any atom is 0.190 e. The Kier molecular flexibility index (Phi) is 4.33. The average molecular weight is 261 g/mol. The quantitative estimate of drug-likeness (QED) is 0.895. The van der Waals surface area contributed by atoms with E-state index in [1.54, 1.807) is 11.3 Å². The fourth-order valence-corrected chi connectivity index (χ4v) is 2.95. The number of rotatable bonds is 5. The van der Waals surface area contributed by atoms with Gasteiger partial charge in [0.05, 0.1) is 0 Å². The molecule has 2 rings (SSSR count). The first kappa shape index (κ1) is 13.1. The number of para-hydroxylation sites is 1. The first-order valence-electron chi connectivity index (χ1n) is 6.18. The first-order chi connectivity index (χ1) is 8.76. The Balaban J connectivity index is 2.30. The van der Waals surface area contributed by atoms with E-state index in [2.05, 4.69) is 53.3 Å². The van der Waals surface area contributed by atoms with Crippen LogP contribution in [0.1, 0.15) is 17.4 Å². The van der Waals surface area contributed by atoms with E-state index >= 15 is 0 Å². The summed E-state index contributed by atoms with van der Waals surface area (Å²) in [7, 11) is 1.96. The molecule has 0 aliphatic heterocycles. The van der Waals surface area contributed by atoms with E-state index in [1.807, 2.05) is 13.2 Å². The maximum absolute atomic E-state index is 4.53. The minimum absolute atomic E-state index is 0.878. The Labute approximate surface area is 112 Å². The van der Waals surface area contributed by atoms with Crippen molar-refractivity contribution in [3.8, 4) is 0 Å². The molecule has 3 nitrogen and oxygen atoms in total. The number of thiazole rings is 1. The smallest absolute Gasteiger partial charge is 0.190 e. The Morgan fingerprint density at radius 1 is 1.33 bits per heavy atom. The molecule has 1 N–H and O–H groups in total. The molecular formula is C14H19N3S. The number of aryl methyl sites for hydroxylation is 1. The minimum atomic E-state index is 0.878. The molecule has 0 fully saturated rings. The molecule has 0 spiro atoms. The molecule has 4 heteroatoms. The fraction of sp³-hybridized carbons (Fsp3) is 0.357. The molecule has 0 unspecified atom stereocenters. The maximum atomic E-state index is 4.53. The third kappa shape index (κ3) is 2.71. The van der Waals surface area contributed by atoms with E-state index in [0.29, 0.717) is 0 Å². The molecule has 0 radical (unpaired) electrons. The van der Waals surface area contributed by atoms with Gasteiger partial charge in [-0.25, -0.2) is 4.98 Å². The number of benzene rings is 1. The Morgan fingerprint density at radius 3 is 2.78 bits per heavy atom. The number of hydrogen-bond donors (Lipinski definition) is 1. The molecule has 0 atom stereocenters. The van der Waals surface area contributed by atoms with E-state index in [9.17, 15) is 0 Å². The molecule has 1 heterocycles. The average Bonchev–Trinajstić information content (AvgIpc) is 2.82. The molecule has 2 aromatic rings. The summed E-state index contributed by atoms with van der Waals surface area (Å²) in [5.41, 5.74) is 2.52. The van der Waals surface area contributed by atoms with Crippen LogP contribution in [0.3, 0.4) is 0 Å². The second-order valence-electron chi connectivity index (χ2n) is 4.17. The third-order valence-electron chi connectivity index (χ3n) is 2.85. The van der Waals surface area contributed by atoms with Crippen LogP contribution in [-0.4, -0.2) is 18.6 Å². The van der Waals surface area contributed by atoms with Crippen LogP contribution in [0.2, 0.25) is 0 Å². The second kappa shape index (κ2) is 5.98. The molecule has 0 aliphatic carbocycles. The highest BCUT2D eigenvalue weighted by Crippen LogP contribution is 2.31. The van der Waals surface area contributed by atoms with E-state index < -0.39 is 0 Å². The van der Waals surface area contributed by atoms with Gasteiger partial charge in [-0.15, -0.1) is 11.3 Å². The lowest BCUT2D eigenvalue weighted by molar-refractivity contribution is 0.829. The van der Waals surface area contributed by atoms with E-state index in [0.717, 1.165) is 18.2 Å². The number of nitrogens with one attached hydrogen (secondary N) is 1. The van der Waals surface area contributed by atoms with Crippen molar-refractivity contribution in [1.29, 1.82) is 0 Å². The van der Waals surface area contributed by atoms with Gasteiger partial charge < -0.3 is 10.2 Å². The van der Waals surface area contributed by atoms with Crippen LogP contribution in [0.5, 0.6) is 0 Å². The van der Waals surface area contributed by atoms with Crippen LogP contribution in [0.25, 0.3) is 0 Å². The lowest BCUT2D eigenvalue weighted by Crippen LogP contribution is -2.16. The zero-order valence-corrected chi connectivity index (χ0v) is 11.9. The van der Waals surface area contributed by atoms with Gasteiger partial charge in [0.2, 0.25) is 0 Å². The zero-order valence-electron chi connectivity index (χ0n) is 11.1. The third-order valence-corrected chi connectivity index (χ3v) is 3.87. The Bertz CT molecular complexity index is 507. The van der Waals surface area contributed by atoms with Crippen LogP contribution < -0.4 is 10.2 Å². The van der Waals surface area contributed by atoms with Crippen molar-refractivity contribution >= 4 is 22.2 Å². The molecule has 96 valence electrons. The molecular weight excluding hydrogens is 242 g/mol. The molecule has 0 amide bonds. The zero-order chi connectivity index (χ0) is 13.0. The van der Waals surface area contributed by atoms with Gasteiger partial charge in [0.15, 0.2) is 5.13 Å². The normalized spacial score (nSPS) is 10.6. The van der Waals surface area contributed by atoms with Crippen molar-refractivity contribution < 1.29 is 0 Å². The monoisotopic (exact) mass is 261 g/mol. The molecule has 1 aromatic heterocycles. The van der Waals surface area contributed by atoms with Gasteiger partial charge in [-0.1, -0.05) is 18.2 Å². The van der Waals surface area contributed by atoms with Crippen LogP contribution in [0.4, 0.5) is 10.8 Å². The Morgan fingerprint density at radius 2 is 2.11 bits per heavy atom. The molecule has 0 aliphatic rings. The van der Waals surface area contributed by atoms with E-state index in [4.69, 9.17) is 0 Å². The summed E-state index contributed by atoms with van der Waals surface area (Å²) in [6.07, 6.45) is 1.96. The van der Waals surface area contributed by atoms with Crippen molar-refractivity contribution in [3.63, 3.8) is 0 Å². The van der Waals surface area contributed by atoms with Gasteiger partial charge in [0.25, 0.3) is 0 Å². The number of aromatic nitrogens is 1. The van der Waals surface area contributed by atoms with Gasteiger partial charge in [0.1, 0.15) is 0 Å². The SMILES string of the molecule is CCN(c1ncc(CNC)s1)c1ccccc1C.